The van der Waals surface area contributed by atoms with Crippen LogP contribution in [0.15, 0.2) is 0 Å². The Labute approximate surface area is 89.3 Å². The summed E-state index contributed by atoms with van der Waals surface area (Å²) in [6.45, 7) is 11.0. The summed E-state index contributed by atoms with van der Waals surface area (Å²) in [5, 5.41) is 0. The van der Waals surface area contributed by atoms with E-state index < -0.39 is 0 Å². The van der Waals surface area contributed by atoms with Crippen LogP contribution in [0.25, 0.3) is 0 Å². The zero-order valence-electron chi connectivity index (χ0n) is 10.1. The molecule has 0 bridgehead atoms. The van der Waals surface area contributed by atoms with Crippen LogP contribution in [0.4, 0.5) is 0 Å². The molecule has 1 aliphatic heterocycles. The average molecular weight is 198 g/mol. The van der Waals surface area contributed by atoms with Gasteiger partial charge in [0.2, 0.25) is 0 Å². The van der Waals surface area contributed by atoms with Crippen molar-refractivity contribution >= 4 is 0 Å². The van der Waals surface area contributed by atoms with Crippen LogP contribution in [0.2, 0.25) is 0 Å². The summed E-state index contributed by atoms with van der Waals surface area (Å²) in [6, 6.07) is 0. The maximum atomic E-state index is 2.61. The van der Waals surface area contributed by atoms with Gasteiger partial charge in [0, 0.05) is 6.54 Å². The molecular formula is C12H26N2. The number of hydrogen-bond donors (Lipinski definition) is 0. The number of rotatable bonds is 5. The predicted octanol–water partition coefficient (Wildman–Crippen LogP) is 2.06. The minimum Gasteiger partial charge on any atom is -0.306 e. The molecule has 1 rings (SSSR count). The first-order valence-corrected chi connectivity index (χ1v) is 6.17. The van der Waals surface area contributed by atoms with Gasteiger partial charge in [-0.25, -0.2) is 0 Å². The molecule has 0 unspecified atom stereocenters. The Bertz CT molecular complexity index is 139. The lowest BCUT2D eigenvalue weighted by Gasteiger charge is -2.32. The van der Waals surface area contributed by atoms with Gasteiger partial charge in [-0.3, -0.25) is 0 Å². The zero-order chi connectivity index (χ0) is 10.4. The maximum Gasteiger partial charge on any atom is 0.00105 e. The monoisotopic (exact) mass is 198 g/mol. The molecule has 2 nitrogen and oxygen atoms in total. The second-order valence-corrected chi connectivity index (χ2v) is 4.64. The van der Waals surface area contributed by atoms with Crippen LogP contribution in [0.5, 0.6) is 0 Å². The van der Waals surface area contributed by atoms with Crippen molar-refractivity contribution in [3.8, 4) is 0 Å². The first-order chi connectivity index (χ1) is 6.76. The summed E-state index contributed by atoms with van der Waals surface area (Å²) in [4.78, 5) is 5.06. The molecule has 1 saturated heterocycles. The van der Waals surface area contributed by atoms with E-state index in [2.05, 4.69) is 30.7 Å². The van der Waals surface area contributed by atoms with Gasteiger partial charge in [-0.1, -0.05) is 13.8 Å². The van der Waals surface area contributed by atoms with Crippen LogP contribution in [-0.2, 0) is 0 Å². The van der Waals surface area contributed by atoms with Gasteiger partial charge in [-0.15, -0.1) is 0 Å². The molecule has 1 aliphatic rings. The number of piperidine rings is 1. The molecule has 0 N–H and O–H groups in total. The molecule has 0 aromatic carbocycles. The van der Waals surface area contributed by atoms with Crippen LogP contribution in [0.3, 0.4) is 0 Å². The molecule has 0 spiro atoms. The third-order valence-electron chi connectivity index (χ3n) is 3.34. The van der Waals surface area contributed by atoms with Crippen molar-refractivity contribution in [2.24, 2.45) is 5.92 Å². The first-order valence-electron chi connectivity index (χ1n) is 6.17. The summed E-state index contributed by atoms with van der Waals surface area (Å²) in [5.41, 5.74) is 0. The van der Waals surface area contributed by atoms with Crippen LogP contribution in [-0.4, -0.2) is 49.6 Å². The third-order valence-corrected chi connectivity index (χ3v) is 3.34. The van der Waals surface area contributed by atoms with Crippen molar-refractivity contribution in [1.29, 1.82) is 0 Å². The second kappa shape index (κ2) is 6.41. The summed E-state index contributed by atoms with van der Waals surface area (Å²) < 4.78 is 0. The lowest BCUT2D eigenvalue weighted by atomic mass is 9.96. The topological polar surface area (TPSA) is 6.48 Å². The molecule has 0 saturated carbocycles. The van der Waals surface area contributed by atoms with Crippen molar-refractivity contribution < 1.29 is 0 Å². The van der Waals surface area contributed by atoms with E-state index in [0.29, 0.717) is 0 Å². The van der Waals surface area contributed by atoms with Crippen molar-refractivity contribution in [2.75, 3.05) is 39.8 Å². The summed E-state index contributed by atoms with van der Waals surface area (Å²) in [7, 11) is 2.24. The van der Waals surface area contributed by atoms with Gasteiger partial charge in [0.25, 0.3) is 0 Å². The highest BCUT2D eigenvalue weighted by Crippen LogP contribution is 2.17. The third kappa shape index (κ3) is 3.97. The highest BCUT2D eigenvalue weighted by Gasteiger charge is 2.18. The predicted molar refractivity (Wildman–Crippen MR) is 62.6 cm³/mol. The van der Waals surface area contributed by atoms with Crippen molar-refractivity contribution in [2.45, 2.75) is 33.1 Å². The normalized spacial score (nSPS) is 20.6. The number of likely N-dealkylation sites (tertiary alicyclic amines) is 1. The van der Waals surface area contributed by atoms with Gasteiger partial charge in [0.05, 0.1) is 0 Å². The average Bonchev–Trinajstić information content (AvgIpc) is 2.20. The molecule has 0 aromatic heterocycles. The SMILES string of the molecule is CCCN(CC)CC1CCN(C)CC1. The molecule has 84 valence electrons. The van der Waals surface area contributed by atoms with Crippen molar-refractivity contribution in [3.63, 3.8) is 0 Å². The lowest BCUT2D eigenvalue weighted by Crippen LogP contribution is -2.37. The van der Waals surface area contributed by atoms with E-state index in [1.807, 2.05) is 0 Å². The largest absolute Gasteiger partial charge is 0.306 e. The van der Waals surface area contributed by atoms with Crippen LogP contribution >= 0.6 is 0 Å². The molecule has 0 aromatic rings. The highest BCUT2D eigenvalue weighted by molar-refractivity contribution is 4.73. The van der Waals surface area contributed by atoms with E-state index in [0.717, 1.165) is 5.92 Å². The Morgan fingerprint density at radius 3 is 2.36 bits per heavy atom. The van der Waals surface area contributed by atoms with Gasteiger partial charge in [-0.2, -0.15) is 0 Å². The molecule has 1 fully saturated rings. The Balaban J connectivity index is 2.21. The molecule has 0 amide bonds. The van der Waals surface area contributed by atoms with Crippen molar-refractivity contribution in [1.82, 2.24) is 9.80 Å². The van der Waals surface area contributed by atoms with Gasteiger partial charge in [0.1, 0.15) is 0 Å². The lowest BCUT2D eigenvalue weighted by molar-refractivity contribution is 0.164. The Morgan fingerprint density at radius 2 is 1.86 bits per heavy atom. The molecule has 2 heteroatoms. The summed E-state index contributed by atoms with van der Waals surface area (Å²) in [5.74, 6) is 0.956. The van der Waals surface area contributed by atoms with Crippen LogP contribution < -0.4 is 0 Å². The fourth-order valence-corrected chi connectivity index (χ4v) is 2.30. The van der Waals surface area contributed by atoms with E-state index in [-0.39, 0.29) is 0 Å². The Kier molecular flexibility index (Phi) is 5.49. The molecule has 0 atom stereocenters. The van der Waals surface area contributed by atoms with Gasteiger partial charge >= 0.3 is 0 Å². The van der Waals surface area contributed by atoms with Gasteiger partial charge < -0.3 is 9.80 Å². The first kappa shape index (κ1) is 12.0. The molecule has 1 heterocycles. The minimum atomic E-state index is 0.956. The molecule has 0 radical (unpaired) electrons. The molecule has 14 heavy (non-hydrogen) atoms. The Hall–Kier alpha value is -0.0800. The smallest absolute Gasteiger partial charge is 0.00105 e. The Morgan fingerprint density at radius 1 is 1.21 bits per heavy atom. The molecule has 0 aliphatic carbocycles. The van der Waals surface area contributed by atoms with E-state index in [4.69, 9.17) is 0 Å². The van der Waals surface area contributed by atoms with E-state index >= 15 is 0 Å². The van der Waals surface area contributed by atoms with Crippen molar-refractivity contribution in [3.05, 3.63) is 0 Å². The van der Waals surface area contributed by atoms with E-state index in [1.165, 1.54) is 52.0 Å². The van der Waals surface area contributed by atoms with Crippen LogP contribution in [0.1, 0.15) is 33.1 Å². The standard InChI is InChI=1S/C12H26N2/c1-4-8-14(5-2)11-12-6-9-13(3)10-7-12/h12H,4-11H2,1-3H3. The summed E-state index contributed by atoms with van der Waals surface area (Å²) in [6.07, 6.45) is 4.09. The van der Waals surface area contributed by atoms with E-state index in [9.17, 15) is 0 Å². The second-order valence-electron chi connectivity index (χ2n) is 4.64. The molecular weight excluding hydrogens is 172 g/mol. The number of nitrogens with zero attached hydrogens (tertiary/aromatic N) is 2. The fourth-order valence-electron chi connectivity index (χ4n) is 2.30. The van der Waals surface area contributed by atoms with Gasteiger partial charge in [0.15, 0.2) is 0 Å². The quantitative estimate of drug-likeness (QED) is 0.667. The maximum absolute atomic E-state index is 2.61. The van der Waals surface area contributed by atoms with Gasteiger partial charge in [-0.05, 0) is 58.4 Å². The zero-order valence-corrected chi connectivity index (χ0v) is 10.1. The van der Waals surface area contributed by atoms with E-state index in [1.54, 1.807) is 0 Å². The highest BCUT2D eigenvalue weighted by atomic mass is 15.1. The fraction of sp³-hybridized carbons (Fsp3) is 1.00. The summed E-state index contributed by atoms with van der Waals surface area (Å²) >= 11 is 0. The number of hydrogen-bond acceptors (Lipinski definition) is 2. The van der Waals surface area contributed by atoms with Crippen LogP contribution in [0, 0.1) is 5.92 Å². The minimum absolute atomic E-state index is 0.956.